The van der Waals surface area contributed by atoms with Crippen LogP contribution in [0.1, 0.15) is 56.9 Å². The van der Waals surface area contributed by atoms with Gasteiger partial charge in [0.15, 0.2) is 0 Å². The first kappa shape index (κ1) is 34.2. The smallest absolute Gasteiger partial charge is 0.326 e. The van der Waals surface area contributed by atoms with Crippen molar-refractivity contribution in [1.29, 1.82) is 0 Å². The van der Waals surface area contributed by atoms with Crippen LogP contribution in [0.3, 0.4) is 0 Å². The quantitative estimate of drug-likeness (QED) is 0.0911. The molecule has 232 valence electrons. The van der Waals surface area contributed by atoms with Crippen LogP contribution < -0.4 is 33.2 Å². The van der Waals surface area contributed by atoms with E-state index >= 15 is 0 Å². The molecule has 0 bridgehead atoms. The van der Waals surface area contributed by atoms with Gasteiger partial charge in [0.25, 0.3) is 0 Å². The number of carboxylic acid groups (broad SMARTS) is 2. The Morgan fingerprint density at radius 3 is 2.00 bits per heavy atom. The van der Waals surface area contributed by atoms with Gasteiger partial charge in [-0.15, -0.1) is 0 Å². The maximum Gasteiger partial charge on any atom is 0.326 e. The zero-order valence-corrected chi connectivity index (χ0v) is 23.6. The zero-order valence-electron chi connectivity index (χ0n) is 23.6. The lowest BCUT2D eigenvalue weighted by Gasteiger charge is -2.25. The Morgan fingerprint density at radius 1 is 0.762 bits per heavy atom. The molecule has 0 aliphatic carbocycles. The molecular weight excluding hydrogens is 546 g/mol. The molecule has 14 nitrogen and oxygen atoms in total. The number of nitrogens with one attached hydrogen (secondary N) is 4. The Morgan fingerprint density at radius 2 is 1.36 bits per heavy atom. The molecular formula is C28H43N7O7. The highest BCUT2D eigenvalue weighted by Crippen LogP contribution is 2.19. The van der Waals surface area contributed by atoms with Gasteiger partial charge in [-0.3, -0.25) is 19.2 Å². The summed E-state index contributed by atoms with van der Waals surface area (Å²) >= 11 is 0. The second-order valence-corrected chi connectivity index (χ2v) is 10.2. The number of aromatic amines is 1. The first-order valence-electron chi connectivity index (χ1n) is 14.1. The summed E-state index contributed by atoms with van der Waals surface area (Å²) in [6.45, 7) is 0.858. The van der Waals surface area contributed by atoms with Gasteiger partial charge in [0.1, 0.15) is 18.1 Å². The summed E-state index contributed by atoms with van der Waals surface area (Å²) in [4.78, 5) is 65.5. The number of fused-ring (bicyclic) bond motifs is 1. The minimum absolute atomic E-state index is 0.00503. The summed E-state index contributed by atoms with van der Waals surface area (Å²) in [7, 11) is 0. The molecule has 12 N–H and O–H groups in total. The van der Waals surface area contributed by atoms with Crippen LogP contribution >= 0.6 is 0 Å². The molecule has 2 aromatic rings. The molecule has 4 unspecified atom stereocenters. The van der Waals surface area contributed by atoms with Gasteiger partial charge in [-0.2, -0.15) is 0 Å². The van der Waals surface area contributed by atoms with Crippen molar-refractivity contribution in [2.45, 2.75) is 82.0 Å². The molecule has 1 aromatic heterocycles. The number of carboxylic acids is 2. The van der Waals surface area contributed by atoms with Crippen LogP contribution in [-0.4, -0.2) is 82.1 Å². The van der Waals surface area contributed by atoms with Crippen molar-refractivity contribution in [3.63, 3.8) is 0 Å². The van der Waals surface area contributed by atoms with E-state index in [1.165, 1.54) is 0 Å². The molecule has 0 saturated carbocycles. The number of amides is 3. The molecule has 1 aromatic carbocycles. The number of aliphatic carboxylic acids is 2. The number of carbonyl (C=O) groups is 5. The van der Waals surface area contributed by atoms with Crippen molar-refractivity contribution in [1.82, 2.24) is 20.9 Å². The standard InChI is InChI=1S/C28H43N7O7/c29-13-5-3-8-19(31)25(38)33-21(10-4-6-14-30)26(39)35-23(15-17-16-32-20-9-2-1-7-18(17)20)27(40)34-22(28(41)42)11-12-24(36)37/h1-2,7,9,16,19,21-23,32H,3-6,8,10-15,29-31H2,(H,33,38)(H,34,40)(H,35,39)(H,36,37)(H,41,42). The van der Waals surface area contributed by atoms with E-state index < -0.39 is 60.2 Å². The number of para-hydroxylation sites is 1. The molecule has 0 radical (unpaired) electrons. The van der Waals surface area contributed by atoms with E-state index in [9.17, 15) is 29.1 Å². The summed E-state index contributed by atoms with van der Waals surface area (Å²) in [5.41, 5.74) is 18.6. The number of benzene rings is 1. The van der Waals surface area contributed by atoms with Gasteiger partial charge in [0.2, 0.25) is 17.7 Å². The van der Waals surface area contributed by atoms with Gasteiger partial charge in [-0.05, 0) is 63.2 Å². The minimum atomic E-state index is -1.48. The molecule has 0 aliphatic heterocycles. The predicted molar refractivity (Wildman–Crippen MR) is 156 cm³/mol. The van der Waals surface area contributed by atoms with Crippen LogP contribution in [0.2, 0.25) is 0 Å². The van der Waals surface area contributed by atoms with Crippen LogP contribution in [0.15, 0.2) is 30.5 Å². The maximum atomic E-state index is 13.5. The summed E-state index contributed by atoms with van der Waals surface area (Å²) in [6, 6.07) is 2.75. The fourth-order valence-corrected chi connectivity index (χ4v) is 4.48. The third-order valence-corrected chi connectivity index (χ3v) is 6.88. The van der Waals surface area contributed by atoms with Gasteiger partial charge in [0, 0.05) is 29.9 Å². The number of aromatic nitrogens is 1. The molecule has 42 heavy (non-hydrogen) atoms. The van der Waals surface area contributed by atoms with Gasteiger partial charge < -0.3 is 48.3 Å². The second kappa shape index (κ2) is 17.7. The van der Waals surface area contributed by atoms with Gasteiger partial charge >= 0.3 is 11.9 Å². The van der Waals surface area contributed by atoms with Gasteiger partial charge in [-0.1, -0.05) is 24.6 Å². The van der Waals surface area contributed by atoms with Crippen molar-refractivity contribution in [2.75, 3.05) is 13.1 Å². The van der Waals surface area contributed by atoms with Crippen molar-refractivity contribution < 1.29 is 34.2 Å². The molecule has 0 fully saturated rings. The lowest BCUT2D eigenvalue weighted by atomic mass is 10.0. The lowest BCUT2D eigenvalue weighted by molar-refractivity contribution is -0.143. The fourth-order valence-electron chi connectivity index (χ4n) is 4.48. The largest absolute Gasteiger partial charge is 0.481 e. The molecule has 3 amide bonds. The Kier molecular flexibility index (Phi) is 14.4. The van der Waals surface area contributed by atoms with Crippen LogP contribution in [0, 0.1) is 0 Å². The Hall–Kier alpha value is -4.01. The first-order chi connectivity index (χ1) is 20.1. The third-order valence-electron chi connectivity index (χ3n) is 6.88. The summed E-state index contributed by atoms with van der Waals surface area (Å²) in [6.07, 6.45) is 3.97. The van der Waals surface area contributed by atoms with Crippen LogP contribution in [0.4, 0.5) is 0 Å². The third kappa shape index (κ3) is 11.1. The van der Waals surface area contributed by atoms with Crippen LogP contribution in [0.25, 0.3) is 10.9 Å². The first-order valence-corrected chi connectivity index (χ1v) is 14.1. The average molecular weight is 590 g/mol. The highest BCUT2D eigenvalue weighted by molar-refractivity contribution is 5.95. The number of rotatable bonds is 20. The fraction of sp³-hybridized carbons (Fsp3) is 0.536. The topological polar surface area (TPSA) is 256 Å². The van der Waals surface area contributed by atoms with E-state index in [1.54, 1.807) is 6.20 Å². The maximum absolute atomic E-state index is 13.5. The van der Waals surface area contributed by atoms with Gasteiger partial charge in [-0.25, -0.2) is 4.79 Å². The number of hydrogen-bond acceptors (Lipinski definition) is 8. The van der Waals surface area contributed by atoms with E-state index in [0.717, 1.165) is 10.9 Å². The van der Waals surface area contributed by atoms with Crippen molar-refractivity contribution >= 4 is 40.6 Å². The Bertz CT molecular complexity index is 1200. The van der Waals surface area contributed by atoms with Crippen molar-refractivity contribution in [3.8, 4) is 0 Å². The Labute approximate surface area is 244 Å². The molecule has 4 atom stereocenters. The molecule has 1 heterocycles. The number of hydrogen-bond donors (Lipinski definition) is 9. The van der Waals surface area contributed by atoms with E-state index in [0.29, 0.717) is 50.8 Å². The SMILES string of the molecule is NCCCCC(N)C(=O)NC(CCCCN)C(=O)NC(Cc1c[nH]c2ccccc12)C(=O)NC(CCC(=O)O)C(=O)O. The second-order valence-electron chi connectivity index (χ2n) is 10.2. The van der Waals surface area contributed by atoms with Crippen LogP contribution in [-0.2, 0) is 30.4 Å². The van der Waals surface area contributed by atoms with E-state index in [1.807, 2.05) is 24.3 Å². The lowest BCUT2D eigenvalue weighted by Crippen LogP contribution is -2.57. The number of nitrogens with two attached hydrogens (primary N) is 3. The van der Waals surface area contributed by atoms with Crippen LogP contribution in [0.5, 0.6) is 0 Å². The van der Waals surface area contributed by atoms with Crippen molar-refractivity contribution in [2.24, 2.45) is 17.2 Å². The normalized spacial score (nSPS) is 14.0. The summed E-state index contributed by atoms with van der Waals surface area (Å²) < 4.78 is 0. The number of H-pyrrole nitrogens is 1. The molecule has 0 aliphatic rings. The highest BCUT2D eigenvalue weighted by Gasteiger charge is 2.31. The monoisotopic (exact) mass is 589 g/mol. The number of unbranched alkanes of at least 4 members (excludes halogenated alkanes) is 2. The number of carbonyl (C=O) groups excluding carboxylic acids is 3. The van der Waals surface area contributed by atoms with E-state index in [4.69, 9.17) is 22.3 Å². The van der Waals surface area contributed by atoms with E-state index in [2.05, 4.69) is 20.9 Å². The van der Waals surface area contributed by atoms with Crippen molar-refractivity contribution in [3.05, 3.63) is 36.0 Å². The zero-order chi connectivity index (χ0) is 31.1. The molecule has 2 rings (SSSR count). The molecule has 0 saturated heterocycles. The summed E-state index contributed by atoms with van der Waals surface area (Å²) in [5, 5.41) is 27.1. The summed E-state index contributed by atoms with van der Waals surface area (Å²) in [5.74, 6) is -4.59. The molecule has 14 heteroatoms. The highest BCUT2D eigenvalue weighted by atomic mass is 16.4. The van der Waals surface area contributed by atoms with E-state index in [-0.39, 0.29) is 19.3 Å². The molecule has 0 spiro atoms. The Balaban J connectivity index is 2.28. The average Bonchev–Trinajstić information content (AvgIpc) is 3.36. The van der Waals surface area contributed by atoms with Gasteiger partial charge in [0.05, 0.1) is 6.04 Å². The predicted octanol–water partition coefficient (Wildman–Crippen LogP) is -0.300. The minimum Gasteiger partial charge on any atom is -0.481 e.